The van der Waals surface area contributed by atoms with Crippen molar-refractivity contribution in [2.75, 3.05) is 0 Å². The third kappa shape index (κ3) is 4.30. The number of nitro groups is 1. The van der Waals surface area contributed by atoms with Crippen LogP contribution in [-0.2, 0) is 11.2 Å². The molecule has 0 radical (unpaired) electrons. The standard InChI is InChI=1S/C26H24N2O4/c1-26(2)15-21(27-20-12-5-6-13-22(20)28(31)32)25(24(30)16-26)23(29)14-18-10-7-9-17-8-3-4-11-19(17)18/h3-13,29H,14-16H2,1-2H3. The Hall–Kier alpha value is -3.80. The zero-order chi connectivity index (χ0) is 22.9. The number of ketones is 1. The van der Waals surface area contributed by atoms with E-state index in [4.69, 9.17) is 0 Å². The van der Waals surface area contributed by atoms with E-state index in [0.717, 1.165) is 16.3 Å². The predicted molar refractivity (Wildman–Crippen MR) is 126 cm³/mol. The summed E-state index contributed by atoms with van der Waals surface area (Å²) in [6.45, 7) is 3.91. The first kappa shape index (κ1) is 21.4. The zero-order valence-corrected chi connectivity index (χ0v) is 18.0. The molecule has 1 saturated carbocycles. The van der Waals surface area contributed by atoms with Crippen LogP contribution in [0.3, 0.4) is 0 Å². The van der Waals surface area contributed by atoms with Gasteiger partial charge in [0.25, 0.3) is 5.69 Å². The summed E-state index contributed by atoms with van der Waals surface area (Å²) in [6, 6.07) is 19.9. The Labute approximate surface area is 186 Å². The molecule has 1 N–H and O–H groups in total. The number of benzene rings is 3. The van der Waals surface area contributed by atoms with Crippen molar-refractivity contribution in [3.8, 4) is 0 Å². The molecule has 6 heteroatoms. The summed E-state index contributed by atoms with van der Waals surface area (Å²) < 4.78 is 0. The average molecular weight is 428 g/mol. The van der Waals surface area contributed by atoms with Crippen LogP contribution in [0.1, 0.15) is 32.3 Å². The molecule has 0 saturated heterocycles. The summed E-state index contributed by atoms with van der Waals surface area (Å²) in [6.07, 6.45) is 0.885. The first-order valence-corrected chi connectivity index (χ1v) is 10.5. The first-order chi connectivity index (χ1) is 15.2. The second-order valence-electron chi connectivity index (χ2n) is 8.88. The Bertz CT molecular complexity index is 1280. The highest BCUT2D eigenvalue weighted by Crippen LogP contribution is 2.38. The molecule has 1 aliphatic carbocycles. The van der Waals surface area contributed by atoms with Crippen molar-refractivity contribution < 1.29 is 14.8 Å². The highest BCUT2D eigenvalue weighted by Gasteiger charge is 2.36. The number of fused-ring (bicyclic) bond motifs is 1. The van der Waals surface area contributed by atoms with E-state index in [1.807, 2.05) is 56.3 Å². The van der Waals surface area contributed by atoms with Gasteiger partial charge >= 0.3 is 0 Å². The number of carbonyl (C=O) groups excluding carboxylic acids is 1. The van der Waals surface area contributed by atoms with Gasteiger partial charge in [-0.25, -0.2) is 4.99 Å². The van der Waals surface area contributed by atoms with Crippen molar-refractivity contribution >= 4 is 33.6 Å². The van der Waals surface area contributed by atoms with Gasteiger partial charge in [0, 0.05) is 18.9 Å². The van der Waals surface area contributed by atoms with Crippen LogP contribution in [0, 0.1) is 15.5 Å². The van der Waals surface area contributed by atoms with Crippen molar-refractivity contribution in [3.63, 3.8) is 0 Å². The fourth-order valence-electron chi connectivity index (χ4n) is 4.28. The van der Waals surface area contributed by atoms with Crippen molar-refractivity contribution in [1.29, 1.82) is 0 Å². The fourth-order valence-corrected chi connectivity index (χ4v) is 4.28. The lowest BCUT2D eigenvalue weighted by Crippen LogP contribution is -2.32. The van der Waals surface area contributed by atoms with E-state index in [1.54, 1.807) is 18.2 Å². The van der Waals surface area contributed by atoms with Gasteiger partial charge in [0.1, 0.15) is 11.4 Å². The third-order valence-corrected chi connectivity index (χ3v) is 5.71. The molecule has 0 heterocycles. The highest BCUT2D eigenvalue weighted by atomic mass is 16.6. The summed E-state index contributed by atoms with van der Waals surface area (Å²) in [7, 11) is 0. The number of carbonyl (C=O) groups is 1. The number of hydrogen-bond donors (Lipinski definition) is 1. The van der Waals surface area contributed by atoms with Crippen LogP contribution in [0.5, 0.6) is 0 Å². The Morgan fingerprint density at radius 2 is 1.72 bits per heavy atom. The van der Waals surface area contributed by atoms with Gasteiger partial charge in [-0.3, -0.25) is 14.9 Å². The third-order valence-electron chi connectivity index (χ3n) is 5.71. The molecule has 0 amide bonds. The smallest absolute Gasteiger partial charge is 0.294 e. The van der Waals surface area contributed by atoms with Crippen LogP contribution in [-0.4, -0.2) is 21.5 Å². The number of nitro benzene ring substituents is 1. The quantitative estimate of drug-likeness (QED) is 0.230. The van der Waals surface area contributed by atoms with Crippen LogP contribution in [0.2, 0.25) is 0 Å². The molecule has 1 aliphatic rings. The lowest BCUT2D eigenvalue weighted by atomic mass is 9.73. The molecular formula is C26H24N2O4. The molecule has 32 heavy (non-hydrogen) atoms. The van der Waals surface area contributed by atoms with Gasteiger partial charge in [-0.1, -0.05) is 68.4 Å². The van der Waals surface area contributed by atoms with Crippen molar-refractivity contribution in [2.24, 2.45) is 10.4 Å². The van der Waals surface area contributed by atoms with Gasteiger partial charge in [-0.2, -0.15) is 0 Å². The summed E-state index contributed by atoms with van der Waals surface area (Å²) in [5.74, 6) is -0.254. The highest BCUT2D eigenvalue weighted by molar-refractivity contribution is 6.25. The molecule has 0 aromatic heterocycles. The van der Waals surface area contributed by atoms with E-state index in [-0.39, 0.29) is 46.7 Å². The Morgan fingerprint density at radius 1 is 1.03 bits per heavy atom. The van der Waals surface area contributed by atoms with E-state index in [2.05, 4.69) is 4.99 Å². The largest absolute Gasteiger partial charge is 0.511 e. The number of allylic oxidation sites excluding steroid dienone is 2. The van der Waals surface area contributed by atoms with Gasteiger partial charge in [-0.15, -0.1) is 0 Å². The number of para-hydroxylation sites is 2. The second-order valence-corrected chi connectivity index (χ2v) is 8.88. The van der Waals surface area contributed by atoms with Crippen LogP contribution >= 0.6 is 0 Å². The molecule has 3 aromatic carbocycles. The summed E-state index contributed by atoms with van der Waals surface area (Å²) >= 11 is 0. The molecule has 162 valence electrons. The minimum atomic E-state index is -0.492. The van der Waals surface area contributed by atoms with E-state index in [1.165, 1.54) is 6.07 Å². The van der Waals surface area contributed by atoms with Gasteiger partial charge in [0.2, 0.25) is 0 Å². The molecule has 0 bridgehead atoms. The lowest BCUT2D eigenvalue weighted by Gasteiger charge is -2.31. The summed E-state index contributed by atoms with van der Waals surface area (Å²) in [5.41, 5.74) is 1.14. The molecule has 0 atom stereocenters. The second kappa shape index (κ2) is 8.38. The molecule has 6 nitrogen and oxygen atoms in total. The molecule has 4 rings (SSSR count). The van der Waals surface area contributed by atoms with Gasteiger partial charge < -0.3 is 5.11 Å². The van der Waals surface area contributed by atoms with Gasteiger partial charge in [0.15, 0.2) is 5.78 Å². The van der Waals surface area contributed by atoms with Crippen LogP contribution in [0.4, 0.5) is 11.4 Å². The maximum atomic E-state index is 13.1. The van der Waals surface area contributed by atoms with Crippen molar-refractivity contribution in [3.05, 3.63) is 93.7 Å². The molecule has 0 unspecified atom stereocenters. The molecule has 0 aliphatic heterocycles. The van der Waals surface area contributed by atoms with Crippen LogP contribution in [0.25, 0.3) is 10.8 Å². The zero-order valence-electron chi connectivity index (χ0n) is 18.0. The maximum Gasteiger partial charge on any atom is 0.294 e. The number of aliphatic hydroxyl groups excluding tert-OH is 1. The van der Waals surface area contributed by atoms with E-state index in [0.29, 0.717) is 12.1 Å². The minimum absolute atomic E-state index is 0.0563. The molecule has 1 fully saturated rings. The number of nitrogens with zero attached hydrogens (tertiary/aromatic N) is 2. The SMILES string of the molecule is CC1(C)CC(=O)C(=C(O)Cc2cccc3ccccc23)C(=Nc2ccccc2[N+](=O)[O-])C1. The van der Waals surface area contributed by atoms with E-state index < -0.39 is 4.92 Å². The fraction of sp³-hybridized carbons (Fsp3) is 0.231. The number of hydrogen-bond acceptors (Lipinski definition) is 5. The Balaban J connectivity index is 1.83. The Morgan fingerprint density at radius 3 is 2.50 bits per heavy atom. The van der Waals surface area contributed by atoms with E-state index in [9.17, 15) is 20.0 Å². The average Bonchev–Trinajstić information content (AvgIpc) is 2.73. The monoisotopic (exact) mass is 428 g/mol. The molecular weight excluding hydrogens is 404 g/mol. The minimum Gasteiger partial charge on any atom is -0.511 e. The van der Waals surface area contributed by atoms with Crippen molar-refractivity contribution in [2.45, 2.75) is 33.1 Å². The number of aliphatic imine (C=N–C) groups is 1. The van der Waals surface area contributed by atoms with Crippen molar-refractivity contribution in [1.82, 2.24) is 0 Å². The topological polar surface area (TPSA) is 92.8 Å². The predicted octanol–water partition coefficient (Wildman–Crippen LogP) is 6.26. The number of aliphatic hydroxyl groups is 1. The summed E-state index contributed by atoms with van der Waals surface area (Å²) in [4.78, 5) is 28.6. The lowest BCUT2D eigenvalue weighted by molar-refractivity contribution is -0.384. The van der Waals surface area contributed by atoms with E-state index >= 15 is 0 Å². The number of Topliss-reactive ketones (excluding diaryl/α,β-unsaturated/α-hetero) is 1. The molecule has 0 spiro atoms. The van der Waals surface area contributed by atoms with Gasteiger partial charge in [-0.05, 0) is 34.2 Å². The maximum absolute atomic E-state index is 13.1. The Kier molecular flexibility index (Phi) is 5.61. The van der Waals surface area contributed by atoms with Crippen LogP contribution < -0.4 is 0 Å². The van der Waals surface area contributed by atoms with Gasteiger partial charge in [0.05, 0.1) is 16.2 Å². The summed E-state index contributed by atoms with van der Waals surface area (Å²) in [5, 5.41) is 24.6. The molecule has 3 aromatic rings. The number of rotatable bonds is 4. The normalized spacial score (nSPS) is 18.7. The van der Waals surface area contributed by atoms with Crippen LogP contribution in [0.15, 0.2) is 83.1 Å². The first-order valence-electron chi connectivity index (χ1n) is 10.5.